The number of alkyl halides is 3. The summed E-state index contributed by atoms with van der Waals surface area (Å²) in [6.07, 6.45) is -4.23. The molecule has 3 aromatic rings. The highest BCUT2D eigenvalue weighted by atomic mass is 35.5. The molecule has 1 N–H and O–H groups in total. The van der Waals surface area contributed by atoms with Gasteiger partial charge in [0.2, 0.25) is 5.82 Å². The first-order valence-electron chi connectivity index (χ1n) is 11.3. The number of rotatable bonds is 9. The number of carbonyl (C=O) groups excluding carboxylic acids is 2. The first kappa shape index (κ1) is 33.8. The predicted molar refractivity (Wildman–Crippen MR) is 148 cm³/mol. The summed E-state index contributed by atoms with van der Waals surface area (Å²) in [5, 5.41) is -3.49. The molecule has 43 heavy (non-hydrogen) atoms. The Morgan fingerprint density at radius 1 is 0.907 bits per heavy atom. The third-order valence-electron chi connectivity index (χ3n) is 5.00. The van der Waals surface area contributed by atoms with Crippen LogP contribution in [0.4, 0.5) is 27.6 Å². The molecule has 0 saturated heterocycles. The summed E-state index contributed by atoms with van der Waals surface area (Å²) in [7, 11) is 33.9. The van der Waals surface area contributed by atoms with Gasteiger partial charge in [-0.2, -0.15) is 4.39 Å². The van der Waals surface area contributed by atoms with Crippen LogP contribution in [0.3, 0.4) is 0 Å². The Labute approximate surface area is 253 Å². The number of ether oxygens (including phenoxy) is 4. The number of amides is 1. The van der Waals surface area contributed by atoms with Crippen LogP contribution in [0, 0.1) is 11.6 Å². The number of esters is 1. The van der Waals surface area contributed by atoms with Crippen molar-refractivity contribution in [2.45, 2.75) is 16.8 Å². The highest BCUT2D eigenvalue weighted by Gasteiger charge is 2.35. The number of anilines is 1. The maximum Gasteiger partial charge on any atom is 0.573 e. The highest BCUT2D eigenvalue weighted by molar-refractivity contribution is 6.60. The number of benzene rings is 2. The van der Waals surface area contributed by atoms with E-state index in [9.17, 15) is 22.8 Å². The molecule has 12 radical (unpaired) electrons. The molecule has 0 fully saturated rings. The molecule has 0 saturated carbocycles. The Kier molecular flexibility index (Phi) is 9.79. The second-order valence-corrected chi connectivity index (χ2v) is 8.95. The lowest BCUT2D eigenvalue weighted by molar-refractivity contribution is -0.275. The standard InChI is InChI=1S/C23H10B6ClF5N2O6/c1-40-20(39)10-6-8(4-5-36-10)37-19(38)14-13(7-9(30)15(17(14)32)21(24,25)26)41-12-3-2-11(42-23(33,34)35)16(31)18(12)43-22(27,28)29/h2-7H,1H3,(H,36,37,38). The minimum Gasteiger partial charge on any atom is -0.510 e. The van der Waals surface area contributed by atoms with E-state index in [1.54, 1.807) is 0 Å². The number of nitrogens with one attached hydrogen (secondary N) is 1. The third kappa shape index (κ3) is 8.43. The fourth-order valence-corrected chi connectivity index (χ4v) is 3.74. The van der Waals surface area contributed by atoms with Crippen molar-refractivity contribution in [1.82, 2.24) is 4.98 Å². The lowest BCUT2D eigenvalue weighted by atomic mass is 9.40. The van der Waals surface area contributed by atoms with Gasteiger partial charge in [-0.1, -0.05) is 11.6 Å². The summed E-state index contributed by atoms with van der Waals surface area (Å²) in [5.74, 6) is -9.87. The van der Waals surface area contributed by atoms with E-state index in [0.717, 1.165) is 25.4 Å². The van der Waals surface area contributed by atoms with Gasteiger partial charge in [0.05, 0.1) is 30.6 Å². The smallest absolute Gasteiger partial charge is 0.510 e. The van der Waals surface area contributed by atoms with Crippen molar-refractivity contribution in [3.63, 3.8) is 0 Å². The molecule has 1 heterocycles. The molecule has 0 bridgehead atoms. The number of aromatic nitrogens is 1. The summed E-state index contributed by atoms with van der Waals surface area (Å²) in [6.45, 7) is 0. The van der Waals surface area contributed by atoms with Gasteiger partial charge in [0, 0.05) is 23.0 Å². The van der Waals surface area contributed by atoms with Crippen LogP contribution in [-0.4, -0.2) is 82.7 Å². The first-order chi connectivity index (χ1) is 19.7. The van der Waals surface area contributed by atoms with E-state index in [4.69, 9.17) is 68.2 Å². The summed E-state index contributed by atoms with van der Waals surface area (Å²) in [5.41, 5.74) is -2.14. The Morgan fingerprint density at radius 2 is 1.53 bits per heavy atom. The van der Waals surface area contributed by atoms with Gasteiger partial charge < -0.3 is 24.3 Å². The van der Waals surface area contributed by atoms with Crippen LogP contribution < -0.4 is 19.5 Å². The predicted octanol–water partition coefficient (Wildman–Crippen LogP) is 2.85. The molecule has 0 unspecified atom stereocenters. The van der Waals surface area contributed by atoms with Crippen molar-refractivity contribution in [3.05, 3.63) is 70.0 Å². The maximum atomic E-state index is 15.8. The van der Waals surface area contributed by atoms with Gasteiger partial charge in [-0.3, -0.25) is 4.79 Å². The largest absolute Gasteiger partial charge is 0.573 e. The Bertz CT molecular complexity index is 1570. The zero-order valence-corrected chi connectivity index (χ0v) is 22.3. The van der Waals surface area contributed by atoms with Gasteiger partial charge in [-0.25, -0.2) is 14.2 Å². The fourth-order valence-electron chi connectivity index (χ4n) is 3.40. The number of hydrogen-bond donors (Lipinski definition) is 1. The second-order valence-electron chi connectivity index (χ2n) is 8.54. The van der Waals surface area contributed by atoms with Gasteiger partial charge in [-0.05, 0) is 35.1 Å². The van der Waals surface area contributed by atoms with Crippen molar-refractivity contribution >= 4 is 76.2 Å². The SMILES string of the molecule is [B]C([B])([B])Oc1c(Oc2cc(Cl)c(C([B])([B])[B])c(F)c2C(=O)Nc2ccnc(C(=O)OC)c2)ccc(OC(F)(F)F)c1F. The van der Waals surface area contributed by atoms with Gasteiger partial charge >= 0.3 is 12.3 Å². The Hall–Kier alpha value is -3.74. The molecule has 2 aromatic carbocycles. The van der Waals surface area contributed by atoms with Crippen LogP contribution >= 0.6 is 11.6 Å². The molecule has 0 aliphatic heterocycles. The molecule has 208 valence electrons. The minimum atomic E-state index is -5.34. The van der Waals surface area contributed by atoms with Crippen molar-refractivity contribution in [1.29, 1.82) is 0 Å². The van der Waals surface area contributed by atoms with Crippen molar-refractivity contribution < 1.29 is 50.5 Å². The molecule has 8 nitrogen and oxygen atoms in total. The molecule has 0 atom stereocenters. The third-order valence-corrected chi connectivity index (χ3v) is 5.30. The molecular weight excluding hydrogens is 596 g/mol. The van der Waals surface area contributed by atoms with Crippen molar-refractivity contribution in [2.24, 2.45) is 0 Å². The number of halogens is 6. The van der Waals surface area contributed by atoms with Crippen molar-refractivity contribution in [2.75, 3.05) is 12.4 Å². The number of nitrogens with zero attached hydrogens (tertiary/aromatic N) is 1. The molecular formula is C23H10B6ClF5N2O6. The van der Waals surface area contributed by atoms with Crippen LogP contribution in [0.1, 0.15) is 26.4 Å². The second kappa shape index (κ2) is 12.5. The summed E-state index contributed by atoms with van der Waals surface area (Å²) < 4.78 is 87.7. The average Bonchev–Trinajstić information content (AvgIpc) is 2.85. The molecule has 0 spiro atoms. The van der Waals surface area contributed by atoms with E-state index in [-0.39, 0.29) is 11.4 Å². The van der Waals surface area contributed by atoms with Crippen LogP contribution in [0.2, 0.25) is 5.02 Å². The van der Waals surface area contributed by atoms with Gasteiger partial charge in [0.15, 0.2) is 17.2 Å². The molecule has 3 rings (SSSR count). The van der Waals surface area contributed by atoms with Gasteiger partial charge in [-0.15, -0.1) is 18.3 Å². The van der Waals surface area contributed by atoms with Crippen LogP contribution in [0.15, 0.2) is 36.5 Å². The monoisotopic (exact) mass is 606 g/mol. The van der Waals surface area contributed by atoms with Gasteiger partial charge in [0.1, 0.15) is 46.4 Å². The maximum absolute atomic E-state index is 15.8. The molecule has 1 amide bonds. The zero-order valence-electron chi connectivity index (χ0n) is 21.6. The molecule has 0 aliphatic rings. The van der Waals surface area contributed by atoms with E-state index in [1.807, 2.05) is 0 Å². The van der Waals surface area contributed by atoms with Crippen molar-refractivity contribution in [3.8, 4) is 23.0 Å². The summed E-state index contributed by atoms with van der Waals surface area (Å²) in [6, 6.07) is 4.19. The molecule has 1 aromatic heterocycles. The molecule has 0 aliphatic carbocycles. The quantitative estimate of drug-likeness (QED) is 0.228. The average molecular weight is 606 g/mol. The topological polar surface area (TPSA) is 96.0 Å². The fraction of sp³-hybridized carbons (Fsp3) is 0.174. The lowest BCUT2D eigenvalue weighted by Crippen LogP contribution is -2.38. The number of methoxy groups -OCH3 is 1. The van der Waals surface area contributed by atoms with Crippen LogP contribution in [0.5, 0.6) is 23.0 Å². The summed E-state index contributed by atoms with van der Waals surface area (Å²) in [4.78, 5) is 28.9. The molecule has 20 heteroatoms. The van der Waals surface area contributed by atoms with E-state index in [0.29, 0.717) is 12.1 Å². The number of carbonyl (C=O) groups is 2. The summed E-state index contributed by atoms with van der Waals surface area (Å²) >= 11 is 6.11. The van der Waals surface area contributed by atoms with E-state index in [1.165, 1.54) is 6.07 Å². The van der Waals surface area contributed by atoms with Crippen LogP contribution in [-0.2, 0) is 9.85 Å². The zero-order chi connectivity index (χ0) is 32.5. The van der Waals surface area contributed by atoms with E-state index in [2.05, 4.69) is 19.8 Å². The first-order valence-corrected chi connectivity index (χ1v) is 11.7. The Morgan fingerprint density at radius 3 is 2.09 bits per heavy atom. The van der Waals surface area contributed by atoms with E-state index >= 15 is 8.78 Å². The van der Waals surface area contributed by atoms with E-state index < -0.39 is 79.4 Å². The number of hydrogen-bond acceptors (Lipinski definition) is 7. The lowest BCUT2D eigenvalue weighted by Gasteiger charge is -2.27. The van der Waals surface area contributed by atoms with Gasteiger partial charge in [0.25, 0.3) is 5.91 Å². The highest BCUT2D eigenvalue weighted by Crippen LogP contribution is 2.44. The number of pyridine rings is 1. The minimum absolute atomic E-state index is 0.107. The van der Waals surface area contributed by atoms with Crippen LogP contribution in [0.25, 0.3) is 0 Å². The normalized spacial score (nSPS) is 11.9. The Balaban J connectivity index is 2.20.